The molecule has 0 saturated carbocycles. The van der Waals surface area contributed by atoms with Crippen molar-refractivity contribution >= 4 is 28.0 Å². The Bertz CT molecular complexity index is 708. The van der Waals surface area contributed by atoms with Gasteiger partial charge in [0.2, 0.25) is 0 Å². The van der Waals surface area contributed by atoms with Gasteiger partial charge in [-0.1, -0.05) is 57.3 Å². The van der Waals surface area contributed by atoms with E-state index in [2.05, 4.69) is 70.4 Å². The molecule has 2 nitrogen and oxygen atoms in total. The Morgan fingerprint density at radius 1 is 1.22 bits per heavy atom. The van der Waals surface area contributed by atoms with Gasteiger partial charge in [-0.3, -0.25) is 0 Å². The number of anilines is 1. The molecule has 1 atom stereocenters. The number of nitrogens with one attached hydrogen (secondary N) is 1. The first-order valence-electron chi connectivity index (χ1n) is 7.89. The molecular formula is C20H26N2S. The van der Waals surface area contributed by atoms with Crippen molar-refractivity contribution in [1.29, 1.82) is 0 Å². The summed E-state index contributed by atoms with van der Waals surface area (Å²) in [5.74, 6) is 0.366. The maximum absolute atomic E-state index is 6.21. The minimum atomic E-state index is -0.0675. The van der Waals surface area contributed by atoms with Crippen LogP contribution in [0.2, 0.25) is 0 Å². The van der Waals surface area contributed by atoms with E-state index in [0.717, 1.165) is 21.7 Å². The van der Waals surface area contributed by atoms with Crippen LogP contribution in [-0.2, 0) is 0 Å². The summed E-state index contributed by atoms with van der Waals surface area (Å²) in [7, 11) is 0. The third-order valence-electron chi connectivity index (χ3n) is 4.20. The zero-order valence-electron chi connectivity index (χ0n) is 14.4. The van der Waals surface area contributed by atoms with Crippen molar-refractivity contribution in [3.05, 3.63) is 64.6 Å². The molecule has 0 aliphatic heterocycles. The van der Waals surface area contributed by atoms with E-state index in [4.69, 9.17) is 5.73 Å². The molecule has 1 aromatic heterocycles. The van der Waals surface area contributed by atoms with Crippen molar-refractivity contribution in [3.63, 3.8) is 0 Å². The van der Waals surface area contributed by atoms with Crippen LogP contribution in [0.15, 0.2) is 37.4 Å². The van der Waals surface area contributed by atoms with Gasteiger partial charge in [-0.25, -0.2) is 0 Å². The number of benzene rings is 1. The lowest BCUT2D eigenvalue weighted by atomic mass is 9.96. The Morgan fingerprint density at radius 3 is 2.35 bits per heavy atom. The highest BCUT2D eigenvalue weighted by atomic mass is 32.1. The molecule has 23 heavy (non-hydrogen) atoms. The SMILES string of the molecule is C=Cc1ccc(C(=C)c2c(NC(N)C(C)C)sc(C)c2C)cc1. The highest BCUT2D eigenvalue weighted by Gasteiger charge is 2.19. The van der Waals surface area contributed by atoms with Crippen molar-refractivity contribution < 1.29 is 0 Å². The summed E-state index contributed by atoms with van der Waals surface area (Å²) < 4.78 is 0. The average Bonchev–Trinajstić information content (AvgIpc) is 2.81. The van der Waals surface area contributed by atoms with Crippen LogP contribution in [0.5, 0.6) is 0 Å². The van der Waals surface area contributed by atoms with E-state index in [1.807, 2.05) is 6.08 Å². The van der Waals surface area contributed by atoms with E-state index in [0.29, 0.717) is 5.92 Å². The first kappa shape index (κ1) is 17.5. The Hall–Kier alpha value is -1.84. The molecule has 3 heteroatoms. The smallest absolute Gasteiger partial charge is 0.0979 e. The fraction of sp³-hybridized carbons (Fsp3) is 0.300. The van der Waals surface area contributed by atoms with Gasteiger partial charge in [0.25, 0.3) is 0 Å². The lowest BCUT2D eigenvalue weighted by Crippen LogP contribution is -2.34. The first-order valence-corrected chi connectivity index (χ1v) is 8.71. The molecule has 122 valence electrons. The van der Waals surface area contributed by atoms with Crippen LogP contribution < -0.4 is 11.1 Å². The Kier molecular flexibility index (Phi) is 5.45. The van der Waals surface area contributed by atoms with Gasteiger partial charge in [-0.15, -0.1) is 11.3 Å². The van der Waals surface area contributed by atoms with Gasteiger partial charge in [0.15, 0.2) is 0 Å². The molecular weight excluding hydrogens is 300 g/mol. The third-order valence-corrected chi connectivity index (χ3v) is 5.34. The molecule has 0 amide bonds. The van der Waals surface area contributed by atoms with Crippen LogP contribution in [0.4, 0.5) is 5.00 Å². The lowest BCUT2D eigenvalue weighted by molar-refractivity contribution is 0.541. The van der Waals surface area contributed by atoms with Gasteiger partial charge < -0.3 is 11.1 Å². The van der Waals surface area contributed by atoms with Crippen molar-refractivity contribution in [2.75, 3.05) is 5.32 Å². The number of hydrogen-bond acceptors (Lipinski definition) is 3. The van der Waals surface area contributed by atoms with Crippen LogP contribution in [0.1, 0.15) is 41.0 Å². The maximum atomic E-state index is 6.21. The molecule has 2 aromatic rings. The first-order chi connectivity index (χ1) is 10.8. The standard InChI is InChI=1S/C20H26N2S/c1-7-16-8-10-17(11-9-16)14(5)18-13(4)15(6)23-20(18)22-19(21)12(2)3/h7-12,19,22H,1,5,21H2,2-4,6H3. The highest BCUT2D eigenvalue weighted by Crippen LogP contribution is 2.39. The Balaban J connectivity index is 2.40. The predicted octanol–water partition coefficient (Wildman–Crippen LogP) is 5.42. The second-order valence-corrected chi connectivity index (χ2v) is 7.43. The molecule has 0 aliphatic carbocycles. The van der Waals surface area contributed by atoms with E-state index in [1.165, 1.54) is 16.0 Å². The third kappa shape index (κ3) is 3.74. The van der Waals surface area contributed by atoms with Gasteiger partial charge in [0.1, 0.15) is 0 Å². The summed E-state index contributed by atoms with van der Waals surface area (Å²) in [6, 6.07) is 8.32. The molecule has 1 unspecified atom stereocenters. The van der Waals surface area contributed by atoms with Gasteiger partial charge in [0, 0.05) is 10.4 Å². The van der Waals surface area contributed by atoms with E-state index in [-0.39, 0.29) is 6.17 Å². The Labute approximate surface area is 143 Å². The number of aryl methyl sites for hydroxylation is 1. The number of hydrogen-bond donors (Lipinski definition) is 2. The summed E-state index contributed by atoms with van der Waals surface area (Å²) in [5.41, 5.74) is 11.9. The Morgan fingerprint density at radius 2 is 1.83 bits per heavy atom. The zero-order chi connectivity index (χ0) is 17.1. The summed E-state index contributed by atoms with van der Waals surface area (Å²) in [5, 5.41) is 4.57. The van der Waals surface area contributed by atoms with E-state index >= 15 is 0 Å². The summed E-state index contributed by atoms with van der Waals surface area (Å²) >= 11 is 1.75. The average molecular weight is 327 g/mol. The second-order valence-electron chi connectivity index (χ2n) is 6.21. The van der Waals surface area contributed by atoms with E-state index in [9.17, 15) is 0 Å². The van der Waals surface area contributed by atoms with Crippen molar-refractivity contribution in [3.8, 4) is 0 Å². The minimum absolute atomic E-state index is 0.0675. The summed E-state index contributed by atoms with van der Waals surface area (Å²) in [4.78, 5) is 1.29. The van der Waals surface area contributed by atoms with E-state index in [1.54, 1.807) is 11.3 Å². The predicted molar refractivity (Wildman–Crippen MR) is 105 cm³/mol. The molecule has 1 heterocycles. The van der Waals surface area contributed by atoms with Crippen LogP contribution in [0.25, 0.3) is 11.6 Å². The molecule has 3 N–H and O–H groups in total. The largest absolute Gasteiger partial charge is 0.361 e. The topological polar surface area (TPSA) is 38.0 Å². The normalized spacial score (nSPS) is 12.3. The van der Waals surface area contributed by atoms with Gasteiger partial charge >= 0.3 is 0 Å². The highest BCUT2D eigenvalue weighted by molar-refractivity contribution is 7.16. The van der Waals surface area contributed by atoms with Gasteiger partial charge in [-0.05, 0) is 42.0 Å². The van der Waals surface area contributed by atoms with Crippen LogP contribution in [0.3, 0.4) is 0 Å². The quantitative estimate of drug-likeness (QED) is 0.695. The lowest BCUT2D eigenvalue weighted by Gasteiger charge is -2.19. The zero-order valence-corrected chi connectivity index (χ0v) is 15.3. The molecule has 0 bridgehead atoms. The van der Waals surface area contributed by atoms with Crippen LogP contribution >= 0.6 is 11.3 Å². The molecule has 0 fully saturated rings. The molecule has 2 rings (SSSR count). The molecule has 1 aromatic carbocycles. The summed E-state index contributed by atoms with van der Waals surface area (Å²) in [6.45, 7) is 16.7. The minimum Gasteiger partial charge on any atom is -0.361 e. The van der Waals surface area contributed by atoms with Gasteiger partial charge in [-0.2, -0.15) is 0 Å². The number of nitrogens with two attached hydrogens (primary N) is 1. The number of rotatable bonds is 6. The van der Waals surface area contributed by atoms with Crippen molar-refractivity contribution in [2.24, 2.45) is 11.7 Å². The van der Waals surface area contributed by atoms with Crippen molar-refractivity contribution in [2.45, 2.75) is 33.9 Å². The molecule has 0 radical (unpaired) electrons. The molecule has 0 aliphatic rings. The monoisotopic (exact) mass is 326 g/mol. The summed E-state index contributed by atoms with van der Waals surface area (Å²) in [6.07, 6.45) is 1.78. The van der Waals surface area contributed by atoms with Crippen LogP contribution in [0, 0.1) is 19.8 Å². The maximum Gasteiger partial charge on any atom is 0.0979 e. The number of thiophene rings is 1. The van der Waals surface area contributed by atoms with Crippen LogP contribution in [-0.4, -0.2) is 6.17 Å². The molecule has 0 spiro atoms. The van der Waals surface area contributed by atoms with Crippen molar-refractivity contribution in [1.82, 2.24) is 0 Å². The second kappa shape index (κ2) is 7.16. The van der Waals surface area contributed by atoms with E-state index < -0.39 is 0 Å². The fourth-order valence-corrected chi connectivity index (χ4v) is 3.51. The van der Waals surface area contributed by atoms with Gasteiger partial charge in [0.05, 0.1) is 11.2 Å². The molecule has 0 saturated heterocycles. The fourth-order valence-electron chi connectivity index (χ4n) is 2.37.